The third-order valence-corrected chi connectivity index (χ3v) is 1.46. The maximum absolute atomic E-state index is 10.5. The van der Waals surface area contributed by atoms with Crippen molar-refractivity contribution in [2.75, 3.05) is 6.54 Å². The molecule has 0 saturated carbocycles. The van der Waals surface area contributed by atoms with Gasteiger partial charge in [-0.05, 0) is 18.7 Å². The molecule has 0 amide bonds. The Morgan fingerprint density at radius 1 is 1.67 bits per heavy atom. The maximum atomic E-state index is 10.5. The van der Waals surface area contributed by atoms with Crippen LogP contribution >= 0.6 is 0 Å². The molecule has 1 aromatic heterocycles. The minimum absolute atomic E-state index is 0.258. The quantitative estimate of drug-likeness (QED) is 0.676. The van der Waals surface area contributed by atoms with Gasteiger partial charge in [0.25, 0.3) is 0 Å². The number of nitrogens with zero attached hydrogens (tertiary/aromatic N) is 1. The molecule has 0 aliphatic heterocycles. The van der Waals surface area contributed by atoms with Crippen LogP contribution in [0.15, 0.2) is 18.3 Å². The van der Waals surface area contributed by atoms with Crippen LogP contribution in [0, 0.1) is 0 Å². The number of aromatic nitrogens is 1. The van der Waals surface area contributed by atoms with E-state index in [9.17, 15) is 4.79 Å². The molecule has 0 aliphatic rings. The predicted octanol–water partition coefficient (Wildman–Crippen LogP) is 0.281. The van der Waals surface area contributed by atoms with Gasteiger partial charge in [-0.2, -0.15) is 0 Å². The second-order valence-corrected chi connectivity index (χ2v) is 2.38. The van der Waals surface area contributed by atoms with E-state index in [4.69, 9.17) is 10.8 Å². The number of pyridine rings is 1. The largest absolute Gasteiger partial charge is 0.478 e. The van der Waals surface area contributed by atoms with Gasteiger partial charge in [0.05, 0.1) is 5.56 Å². The van der Waals surface area contributed by atoms with Gasteiger partial charge < -0.3 is 10.8 Å². The van der Waals surface area contributed by atoms with Gasteiger partial charge in [0.1, 0.15) is 0 Å². The van der Waals surface area contributed by atoms with Crippen molar-refractivity contribution < 1.29 is 9.90 Å². The minimum Gasteiger partial charge on any atom is -0.478 e. The number of nitrogens with two attached hydrogens (primary N) is 1. The second-order valence-electron chi connectivity index (χ2n) is 2.38. The predicted molar refractivity (Wildman–Crippen MR) is 44.0 cm³/mol. The molecule has 0 unspecified atom stereocenters. The number of aromatic carboxylic acids is 1. The van der Waals surface area contributed by atoms with Crippen molar-refractivity contribution >= 4 is 5.97 Å². The smallest absolute Gasteiger partial charge is 0.335 e. The molecule has 0 fully saturated rings. The van der Waals surface area contributed by atoms with Crippen LogP contribution in [0.1, 0.15) is 16.1 Å². The summed E-state index contributed by atoms with van der Waals surface area (Å²) in [5.41, 5.74) is 6.28. The molecule has 64 valence electrons. The zero-order chi connectivity index (χ0) is 8.97. The van der Waals surface area contributed by atoms with Crippen molar-refractivity contribution in [2.45, 2.75) is 6.42 Å². The molecule has 0 bridgehead atoms. The second kappa shape index (κ2) is 3.82. The molecule has 0 aliphatic carbocycles. The van der Waals surface area contributed by atoms with Crippen molar-refractivity contribution in [3.63, 3.8) is 0 Å². The molecule has 0 radical (unpaired) electrons. The minimum atomic E-state index is -0.935. The van der Waals surface area contributed by atoms with Crippen molar-refractivity contribution in [1.29, 1.82) is 0 Å². The van der Waals surface area contributed by atoms with Crippen molar-refractivity contribution in [3.05, 3.63) is 29.6 Å². The Morgan fingerprint density at radius 2 is 2.42 bits per heavy atom. The Labute approximate surface area is 70.0 Å². The molecule has 0 saturated heterocycles. The number of hydrogen-bond acceptors (Lipinski definition) is 3. The highest BCUT2D eigenvalue weighted by molar-refractivity contribution is 5.87. The first-order valence-corrected chi connectivity index (χ1v) is 3.62. The zero-order valence-corrected chi connectivity index (χ0v) is 6.53. The highest BCUT2D eigenvalue weighted by Gasteiger charge is 2.02. The van der Waals surface area contributed by atoms with Gasteiger partial charge in [0, 0.05) is 18.3 Å². The average Bonchev–Trinajstić information content (AvgIpc) is 2.05. The van der Waals surface area contributed by atoms with E-state index in [1.807, 2.05) is 0 Å². The fourth-order valence-corrected chi connectivity index (χ4v) is 0.896. The Bertz CT molecular complexity index is 286. The highest BCUT2D eigenvalue weighted by atomic mass is 16.4. The molecule has 0 aromatic carbocycles. The number of carboxylic acid groups (broad SMARTS) is 1. The van der Waals surface area contributed by atoms with Crippen LogP contribution in [0.3, 0.4) is 0 Å². The summed E-state index contributed by atoms with van der Waals surface area (Å²) in [6.07, 6.45) is 2.09. The van der Waals surface area contributed by atoms with E-state index in [0.717, 1.165) is 5.69 Å². The van der Waals surface area contributed by atoms with Crippen LogP contribution in [0.2, 0.25) is 0 Å². The van der Waals surface area contributed by atoms with E-state index in [0.29, 0.717) is 13.0 Å². The molecule has 1 heterocycles. The monoisotopic (exact) mass is 166 g/mol. The van der Waals surface area contributed by atoms with E-state index < -0.39 is 5.97 Å². The van der Waals surface area contributed by atoms with Crippen LogP contribution in [0.5, 0.6) is 0 Å². The van der Waals surface area contributed by atoms with Crippen molar-refractivity contribution in [1.82, 2.24) is 4.98 Å². The van der Waals surface area contributed by atoms with E-state index in [1.165, 1.54) is 18.3 Å². The number of hydrogen-bond donors (Lipinski definition) is 2. The van der Waals surface area contributed by atoms with Gasteiger partial charge in [-0.1, -0.05) is 0 Å². The van der Waals surface area contributed by atoms with Gasteiger partial charge in [0.2, 0.25) is 0 Å². The Balaban J connectivity index is 2.88. The molecule has 12 heavy (non-hydrogen) atoms. The fourth-order valence-electron chi connectivity index (χ4n) is 0.896. The standard InChI is InChI=1S/C8H10N2O2/c9-3-1-7-5-6(8(11)12)2-4-10-7/h2,4-5H,1,3,9H2,(H,11,12). The lowest BCUT2D eigenvalue weighted by atomic mass is 10.2. The first-order valence-electron chi connectivity index (χ1n) is 3.62. The molecule has 0 atom stereocenters. The summed E-state index contributed by atoms with van der Waals surface area (Å²) < 4.78 is 0. The lowest BCUT2D eigenvalue weighted by Crippen LogP contribution is -2.06. The van der Waals surface area contributed by atoms with Gasteiger partial charge >= 0.3 is 5.97 Å². The van der Waals surface area contributed by atoms with Crippen molar-refractivity contribution in [2.24, 2.45) is 5.73 Å². The molecule has 1 aromatic rings. The molecule has 4 nitrogen and oxygen atoms in total. The number of carbonyl (C=O) groups is 1. The van der Waals surface area contributed by atoms with Crippen LogP contribution in [-0.4, -0.2) is 22.6 Å². The van der Waals surface area contributed by atoms with Crippen LogP contribution < -0.4 is 5.73 Å². The van der Waals surface area contributed by atoms with Gasteiger partial charge in [-0.25, -0.2) is 4.79 Å². The summed E-state index contributed by atoms with van der Waals surface area (Å²) >= 11 is 0. The van der Waals surface area contributed by atoms with E-state index in [2.05, 4.69) is 4.98 Å². The maximum Gasteiger partial charge on any atom is 0.335 e. The molecule has 3 N–H and O–H groups in total. The summed E-state index contributed by atoms with van der Waals surface area (Å²) in [5, 5.41) is 8.62. The number of carboxylic acids is 1. The normalized spacial score (nSPS) is 9.75. The molecule has 1 rings (SSSR count). The SMILES string of the molecule is NCCc1cc(C(=O)O)ccn1. The molecular formula is C8H10N2O2. The Kier molecular flexibility index (Phi) is 2.76. The Morgan fingerprint density at radius 3 is 3.00 bits per heavy atom. The molecular weight excluding hydrogens is 156 g/mol. The lowest BCUT2D eigenvalue weighted by Gasteiger charge is -1.98. The average molecular weight is 166 g/mol. The van der Waals surface area contributed by atoms with E-state index in [1.54, 1.807) is 0 Å². The Hall–Kier alpha value is -1.42. The fraction of sp³-hybridized carbons (Fsp3) is 0.250. The number of rotatable bonds is 3. The zero-order valence-electron chi connectivity index (χ0n) is 6.53. The highest BCUT2D eigenvalue weighted by Crippen LogP contribution is 2.01. The first-order chi connectivity index (χ1) is 5.74. The van der Waals surface area contributed by atoms with Gasteiger partial charge in [-0.3, -0.25) is 4.98 Å². The topological polar surface area (TPSA) is 76.2 Å². The van der Waals surface area contributed by atoms with E-state index in [-0.39, 0.29) is 5.56 Å². The van der Waals surface area contributed by atoms with Crippen LogP contribution in [0.25, 0.3) is 0 Å². The lowest BCUT2D eigenvalue weighted by molar-refractivity contribution is 0.0696. The summed E-state index contributed by atoms with van der Waals surface area (Å²) in [7, 11) is 0. The van der Waals surface area contributed by atoms with Crippen LogP contribution in [-0.2, 0) is 6.42 Å². The van der Waals surface area contributed by atoms with E-state index >= 15 is 0 Å². The third-order valence-electron chi connectivity index (χ3n) is 1.46. The van der Waals surface area contributed by atoms with Gasteiger partial charge in [-0.15, -0.1) is 0 Å². The third kappa shape index (κ3) is 2.03. The van der Waals surface area contributed by atoms with Crippen molar-refractivity contribution in [3.8, 4) is 0 Å². The molecule has 0 spiro atoms. The molecule has 4 heteroatoms. The summed E-state index contributed by atoms with van der Waals surface area (Å²) in [6.45, 7) is 0.482. The van der Waals surface area contributed by atoms with Crippen LogP contribution in [0.4, 0.5) is 0 Å². The summed E-state index contributed by atoms with van der Waals surface area (Å²) in [4.78, 5) is 14.5. The first kappa shape index (κ1) is 8.67. The summed E-state index contributed by atoms with van der Waals surface area (Å²) in [5.74, 6) is -0.935. The summed E-state index contributed by atoms with van der Waals surface area (Å²) in [6, 6.07) is 3.00. The van der Waals surface area contributed by atoms with Gasteiger partial charge in [0.15, 0.2) is 0 Å².